The second kappa shape index (κ2) is 8.50. The van der Waals surface area contributed by atoms with E-state index in [9.17, 15) is 5.11 Å². The Balaban J connectivity index is 1.62. The molecule has 0 aliphatic heterocycles. The Labute approximate surface area is 151 Å². The van der Waals surface area contributed by atoms with Crippen LogP contribution in [0.4, 0.5) is 0 Å². The molecule has 0 spiro atoms. The quantitative estimate of drug-likeness (QED) is 0.752. The van der Waals surface area contributed by atoms with Gasteiger partial charge in [-0.15, -0.1) is 0 Å². The molecule has 1 aliphatic carbocycles. The molecule has 3 rings (SSSR count). The largest absolute Gasteiger partial charge is 0.497 e. The van der Waals surface area contributed by atoms with Gasteiger partial charge in [0.25, 0.3) is 0 Å². The molecule has 0 bridgehead atoms. The Hall–Kier alpha value is -1.84. The van der Waals surface area contributed by atoms with Crippen LogP contribution in [0.15, 0.2) is 54.6 Å². The fourth-order valence-corrected chi connectivity index (χ4v) is 3.93. The third kappa shape index (κ3) is 4.42. The summed E-state index contributed by atoms with van der Waals surface area (Å²) in [5.74, 6) is 1.05. The summed E-state index contributed by atoms with van der Waals surface area (Å²) >= 11 is 0. The average molecular weight is 339 g/mol. The number of methoxy groups -OCH3 is 1. The summed E-state index contributed by atoms with van der Waals surface area (Å²) in [6.45, 7) is 1.79. The number of ether oxygens (including phenoxy) is 1. The van der Waals surface area contributed by atoms with E-state index in [1.165, 1.54) is 12.0 Å². The van der Waals surface area contributed by atoms with Crippen LogP contribution >= 0.6 is 0 Å². The second-order valence-electron chi connectivity index (χ2n) is 7.04. The summed E-state index contributed by atoms with van der Waals surface area (Å²) in [5.41, 5.74) is 1.58. The minimum atomic E-state index is -0.757. The predicted molar refractivity (Wildman–Crippen MR) is 102 cm³/mol. The van der Waals surface area contributed by atoms with Gasteiger partial charge in [0.2, 0.25) is 0 Å². The van der Waals surface area contributed by atoms with Gasteiger partial charge < -0.3 is 15.2 Å². The highest BCUT2D eigenvalue weighted by atomic mass is 16.5. The van der Waals surface area contributed by atoms with Crippen molar-refractivity contribution in [2.24, 2.45) is 5.92 Å². The molecule has 1 saturated carbocycles. The maximum absolute atomic E-state index is 11.4. The highest BCUT2D eigenvalue weighted by molar-refractivity contribution is 5.33. The molecule has 2 atom stereocenters. The Kier molecular flexibility index (Phi) is 6.11. The molecule has 2 N–H and O–H groups in total. The molecule has 3 heteroatoms. The van der Waals surface area contributed by atoms with Gasteiger partial charge in [0.15, 0.2) is 0 Å². The van der Waals surface area contributed by atoms with E-state index in [1.807, 2.05) is 30.3 Å². The van der Waals surface area contributed by atoms with E-state index in [4.69, 9.17) is 4.74 Å². The maximum atomic E-state index is 11.4. The third-order valence-corrected chi connectivity index (χ3v) is 5.43. The summed E-state index contributed by atoms with van der Waals surface area (Å²) in [5, 5.41) is 15.0. The monoisotopic (exact) mass is 339 g/mol. The van der Waals surface area contributed by atoms with E-state index >= 15 is 0 Å². The minimum absolute atomic E-state index is 0.240. The van der Waals surface area contributed by atoms with Gasteiger partial charge in [-0.2, -0.15) is 0 Å². The fourth-order valence-electron chi connectivity index (χ4n) is 3.93. The zero-order valence-corrected chi connectivity index (χ0v) is 15.1. The number of nitrogens with one attached hydrogen (secondary N) is 1. The molecule has 0 amide bonds. The third-order valence-electron chi connectivity index (χ3n) is 5.43. The lowest BCUT2D eigenvalue weighted by atomic mass is 9.71. The van der Waals surface area contributed by atoms with Crippen LogP contribution in [0.25, 0.3) is 0 Å². The van der Waals surface area contributed by atoms with Crippen LogP contribution in [0.1, 0.15) is 36.8 Å². The number of hydrogen-bond acceptors (Lipinski definition) is 3. The highest BCUT2D eigenvalue weighted by Gasteiger charge is 2.40. The molecule has 2 aromatic carbocycles. The molecule has 1 aliphatic rings. The van der Waals surface area contributed by atoms with Crippen molar-refractivity contribution >= 4 is 0 Å². The lowest BCUT2D eigenvalue weighted by Crippen LogP contribution is -2.43. The lowest BCUT2D eigenvalue weighted by molar-refractivity contribution is -0.0536. The molecule has 0 heterocycles. The Morgan fingerprint density at radius 3 is 2.76 bits per heavy atom. The van der Waals surface area contributed by atoms with Crippen molar-refractivity contribution in [3.63, 3.8) is 0 Å². The highest BCUT2D eigenvalue weighted by Crippen LogP contribution is 2.42. The van der Waals surface area contributed by atoms with E-state index in [2.05, 4.69) is 29.6 Å². The first-order chi connectivity index (χ1) is 12.2. The fraction of sp³-hybridized carbons (Fsp3) is 0.455. The number of benzene rings is 2. The summed E-state index contributed by atoms with van der Waals surface area (Å²) in [4.78, 5) is 0. The first-order valence-electron chi connectivity index (χ1n) is 9.34. The van der Waals surface area contributed by atoms with Gasteiger partial charge in [0, 0.05) is 12.5 Å². The number of rotatable bonds is 7. The van der Waals surface area contributed by atoms with Crippen molar-refractivity contribution in [3.05, 3.63) is 65.7 Å². The summed E-state index contributed by atoms with van der Waals surface area (Å²) in [7, 11) is 1.67. The Bertz CT molecular complexity index is 658. The number of hydrogen-bond donors (Lipinski definition) is 2. The van der Waals surface area contributed by atoms with Gasteiger partial charge in [-0.3, -0.25) is 0 Å². The van der Waals surface area contributed by atoms with Crippen LogP contribution in [0, 0.1) is 5.92 Å². The molecule has 134 valence electrons. The van der Waals surface area contributed by atoms with Gasteiger partial charge in [-0.25, -0.2) is 0 Å². The van der Waals surface area contributed by atoms with Crippen LogP contribution in [0.5, 0.6) is 5.75 Å². The second-order valence-corrected chi connectivity index (χ2v) is 7.04. The molecule has 2 unspecified atom stereocenters. The van der Waals surface area contributed by atoms with E-state index < -0.39 is 5.60 Å². The smallest absolute Gasteiger partial charge is 0.119 e. The van der Waals surface area contributed by atoms with Gasteiger partial charge >= 0.3 is 0 Å². The first-order valence-corrected chi connectivity index (χ1v) is 9.34. The zero-order valence-electron chi connectivity index (χ0n) is 15.1. The van der Waals surface area contributed by atoms with Crippen LogP contribution in [-0.4, -0.2) is 25.3 Å². The van der Waals surface area contributed by atoms with E-state index in [0.29, 0.717) is 0 Å². The van der Waals surface area contributed by atoms with Crippen molar-refractivity contribution in [2.45, 2.75) is 37.7 Å². The van der Waals surface area contributed by atoms with Crippen LogP contribution < -0.4 is 10.1 Å². The van der Waals surface area contributed by atoms with Crippen LogP contribution in [0.3, 0.4) is 0 Å². The topological polar surface area (TPSA) is 41.5 Å². The first kappa shape index (κ1) is 18.0. The van der Waals surface area contributed by atoms with Crippen molar-refractivity contribution in [3.8, 4) is 5.75 Å². The molecule has 25 heavy (non-hydrogen) atoms. The number of aliphatic hydroxyl groups is 1. The van der Waals surface area contributed by atoms with Crippen molar-refractivity contribution in [1.82, 2.24) is 5.32 Å². The molecule has 0 radical (unpaired) electrons. The Morgan fingerprint density at radius 1 is 1.12 bits per heavy atom. The Morgan fingerprint density at radius 2 is 1.96 bits per heavy atom. The molecule has 1 fully saturated rings. The van der Waals surface area contributed by atoms with Gasteiger partial charge in [-0.1, -0.05) is 55.3 Å². The summed E-state index contributed by atoms with van der Waals surface area (Å²) in [6, 6.07) is 18.5. The maximum Gasteiger partial charge on any atom is 0.119 e. The molecular weight excluding hydrogens is 310 g/mol. The van der Waals surface area contributed by atoms with Gasteiger partial charge in [0.1, 0.15) is 5.75 Å². The molecular formula is C22H29NO2. The van der Waals surface area contributed by atoms with Gasteiger partial charge in [-0.05, 0) is 49.1 Å². The van der Waals surface area contributed by atoms with Crippen LogP contribution in [0.2, 0.25) is 0 Å². The minimum Gasteiger partial charge on any atom is -0.497 e. The van der Waals surface area contributed by atoms with E-state index in [-0.39, 0.29) is 5.92 Å². The average Bonchev–Trinajstić information content (AvgIpc) is 2.67. The molecule has 0 saturated heterocycles. The molecule has 0 aromatic heterocycles. The van der Waals surface area contributed by atoms with Crippen molar-refractivity contribution in [2.75, 3.05) is 20.2 Å². The van der Waals surface area contributed by atoms with Gasteiger partial charge in [0.05, 0.1) is 12.7 Å². The molecule has 3 nitrogen and oxygen atoms in total. The normalized spacial score (nSPS) is 23.4. The lowest BCUT2D eigenvalue weighted by Gasteiger charge is -2.41. The summed E-state index contributed by atoms with van der Waals surface area (Å²) in [6.07, 6.45) is 5.17. The van der Waals surface area contributed by atoms with Crippen molar-refractivity contribution < 1.29 is 9.84 Å². The zero-order chi connectivity index (χ0) is 17.5. The van der Waals surface area contributed by atoms with Crippen LogP contribution in [-0.2, 0) is 12.0 Å². The van der Waals surface area contributed by atoms with E-state index in [1.54, 1.807) is 7.11 Å². The SMILES string of the molecule is COc1cccc(C2(O)CCCCC2CNCCc2ccccc2)c1. The predicted octanol–water partition coefficient (Wildman–Crippen LogP) is 3.91. The molecule has 2 aromatic rings. The van der Waals surface area contributed by atoms with Crippen molar-refractivity contribution in [1.29, 1.82) is 0 Å². The summed E-state index contributed by atoms with van der Waals surface area (Å²) < 4.78 is 5.35. The van der Waals surface area contributed by atoms with E-state index in [0.717, 1.165) is 50.1 Å². The standard InChI is InChI=1S/C22H29NO2/c1-25-21-12-7-11-19(16-21)22(24)14-6-5-10-20(22)17-23-15-13-18-8-3-2-4-9-18/h2-4,7-9,11-12,16,20,23-24H,5-6,10,13-15,17H2,1H3.